The van der Waals surface area contributed by atoms with Gasteiger partial charge in [-0.25, -0.2) is 4.39 Å². The molecule has 1 rings (SSSR count). The topological polar surface area (TPSA) is 38.3 Å². The van der Waals surface area contributed by atoms with Gasteiger partial charge in [0.1, 0.15) is 11.7 Å². The van der Waals surface area contributed by atoms with Gasteiger partial charge in [-0.3, -0.25) is 4.79 Å². The van der Waals surface area contributed by atoms with Crippen LogP contribution in [0.4, 0.5) is 4.39 Å². The first kappa shape index (κ1) is 10.2. The maximum Gasteiger partial charge on any atom is 0.322 e. The largest absolute Gasteiger partial charge is 0.468 e. The van der Waals surface area contributed by atoms with Gasteiger partial charge in [0.25, 0.3) is 0 Å². The van der Waals surface area contributed by atoms with Crippen molar-refractivity contribution in [2.45, 2.75) is 24.6 Å². The van der Waals surface area contributed by atoms with Crippen LogP contribution in [0.15, 0.2) is 12.7 Å². The maximum absolute atomic E-state index is 13.7. The molecule has 0 aromatic carbocycles. The normalized spacial score (nSPS) is 32.9. The lowest BCUT2D eigenvalue weighted by atomic mass is 9.98. The molecule has 1 saturated heterocycles. The van der Waals surface area contributed by atoms with E-state index in [9.17, 15) is 9.18 Å². The number of methoxy groups -OCH3 is 1. The number of ether oxygens (including phenoxy) is 1. The van der Waals surface area contributed by atoms with E-state index in [4.69, 9.17) is 0 Å². The summed E-state index contributed by atoms with van der Waals surface area (Å²) in [6.07, 6.45) is 1.97. The van der Waals surface area contributed by atoms with Crippen LogP contribution in [-0.4, -0.2) is 31.3 Å². The molecule has 0 amide bonds. The second-order valence-electron chi connectivity index (χ2n) is 3.30. The standard InChI is InChI=1S/C9H14FNO2/c1-3-4-9(10)5-7(11-6-9)8(12)13-2/h3,7,11H,1,4-6H2,2H3/t7-,9?/m0/s1. The van der Waals surface area contributed by atoms with Gasteiger partial charge >= 0.3 is 5.97 Å². The molecule has 0 radical (unpaired) electrons. The molecule has 1 aliphatic rings. The molecule has 4 heteroatoms. The molecule has 1 N–H and O–H groups in total. The molecule has 74 valence electrons. The zero-order valence-electron chi connectivity index (χ0n) is 7.68. The summed E-state index contributed by atoms with van der Waals surface area (Å²) in [6.45, 7) is 3.67. The predicted molar refractivity (Wildman–Crippen MR) is 47.1 cm³/mol. The minimum absolute atomic E-state index is 0.172. The second kappa shape index (κ2) is 3.87. The Morgan fingerprint density at radius 1 is 1.92 bits per heavy atom. The van der Waals surface area contributed by atoms with Gasteiger partial charge in [0.15, 0.2) is 0 Å². The quantitative estimate of drug-likeness (QED) is 0.524. The van der Waals surface area contributed by atoms with Gasteiger partial charge in [-0.15, -0.1) is 6.58 Å². The van der Waals surface area contributed by atoms with Crippen LogP contribution in [0, 0.1) is 0 Å². The Labute approximate surface area is 77.0 Å². The van der Waals surface area contributed by atoms with Crippen molar-refractivity contribution in [2.24, 2.45) is 0 Å². The predicted octanol–water partition coefficient (Wildman–Crippen LogP) is 0.806. The molecule has 13 heavy (non-hydrogen) atoms. The highest BCUT2D eigenvalue weighted by Gasteiger charge is 2.41. The van der Waals surface area contributed by atoms with E-state index in [1.54, 1.807) is 0 Å². The van der Waals surface area contributed by atoms with Crippen molar-refractivity contribution in [1.29, 1.82) is 0 Å². The molecule has 0 aromatic rings. The highest BCUT2D eigenvalue weighted by molar-refractivity contribution is 5.76. The molecular weight excluding hydrogens is 173 g/mol. The summed E-state index contributed by atoms with van der Waals surface area (Å²) in [4.78, 5) is 11.0. The number of nitrogens with one attached hydrogen (secondary N) is 1. The third-order valence-electron chi connectivity index (χ3n) is 2.23. The van der Waals surface area contributed by atoms with E-state index in [2.05, 4.69) is 16.6 Å². The van der Waals surface area contributed by atoms with E-state index in [-0.39, 0.29) is 19.4 Å². The van der Waals surface area contributed by atoms with Gasteiger partial charge in [0.05, 0.1) is 7.11 Å². The Morgan fingerprint density at radius 3 is 3.15 bits per heavy atom. The fourth-order valence-electron chi connectivity index (χ4n) is 1.54. The Hall–Kier alpha value is -0.900. The number of allylic oxidation sites excluding steroid dienone is 1. The van der Waals surface area contributed by atoms with E-state index in [0.717, 1.165) is 0 Å². The van der Waals surface area contributed by atoms with Crippen molar-refractivity contribution in [3.05, 3.63) is 12.7 Å². The zero-order valence-corrected chi connectivity index (χ0v) is 7.68. The molecule has 2 atom stereocenters. The number of hydrogen-bond acceptors (Lipinski definition) is 3. The van der Waals surface area contributed by atoms with E-state index >= 15 is 0 Å². The first-order valence-electron chi connectivity index (χ1n) is 4.22. The average Bonchev–Trinajstić information content (AvgIpc) is 2.47. The molecule has 0 saturated carbocycles. The second-order valence-corrected chi connectivity index (χ2v) is 3.30. The van der Waals surface area contributed by atoms with Gasteiger partial charge in [0.2, 0.25) is 0 Å². The highest BCUT2D eigenvalue weighted by atomic mass is 19.1. The molecule has 1 heterocycles. The molecule has 0 spiro atoms. The monoisotopic (exact) mass is 187 g/mol. The molecular formula is C9H14FNO2. The molecule has 0 aromatic heterocycles. The number of hydrogen-bond donors (Lipinski definition) is 1. The van der Waals surface area contributed by atoms with Crippen LogP contribution in [0.25, 0.3) is 0 Å². The Morgan fingerprint density at radius 2 is 2.62 bits per heavy atom. The molecule has 0 bridgehead atoms. The molecule has 0 aliphatic carbocycles. The first-order chi connectivity index (χ1) is 6.11. The lowest BCUT2D eigenvalue weighted by Gasteiger charge is -2.15. The van der Waals surface area contributed by atoms with Gasteiger partial charge in [-0.2, -0.15) is 0 Å². The van der Waals surface area contributed by atoms with Crippen molar-refractivity contribution in [3.8, 4) is 0 Å². The van der Waals surface area contributed by atoms with Crippen molar-refractivity contribution in [1.82, 2.24) is 5.32 Å². The van der Waals surface area contributed by atoms with Gasteiger partial charge in [-0.1, -0.05) is 6.08 Å². The van der Waals surface area contributed by atoms with Gasteiger partial charge in [-0.05, 0) is 0 Å². The van der Waals surface area contributed by atoms with Crippen molar-refractivity contribution in [2.75, 3.05) is 13.7 Å². The van der Waals surface area contributed by atoms with Crippen molar-refractivity contribution < 1.29 is 13.9 Å². The molecule has 1 unspecified atom stereocenters. The van der Waals surface area contributed by atoms with Crippen LogP contribution >= 0.6 is 0 Å². The van der Waals surface area contributed by atoms with Crippen molar-refractivity contribution in [3.63, 3.8) is 0 Å². The third kappa shape index (κ3) is 2.28. The van der Waals surface area contributed by atoms with Gasteiger partial charge < -0.3 is 10.1 Å². The van der Waals surface area contributed by atoms with Crippen LogP contribution in [0.3, 0.4) is 0 Å². The summed E-state index contributed by atoms with van der Waals surface area (Å²) in [5.74, 6) is -0.399. The number of esters is 1. The fourth-order valence-corrected chi connectivity index (χ4v) is 1.54. The molecule has 1 fully saturated rings. The minimum atomic E-state index is -1.33. The summed E-state index contributed by atoms with van der Waals surface area (Å²) >= 11 is 0. The van der Waals surface area contributed by atoms with E-state index in [0.29, 0.717) is 0 Å². The van der Waals surface area contributed by atoms with Crippen LogP contribution in [-0.2, 0) is 9.53 Å². The SMILES string of the molecule is C=CCC1(F)CN[C@H](C(=O)OC)C1. The van der Waals surface area contributed by atoms with Crippen molar-refractivity contribution >= 4 is 5.97 Å². The van der Waals surface area contributed by atoms with E-state index in [1.165, 1.54) is 13.2 Å². The van der Waals surface area contributed by atoms with Crippen LogP contribution in [0.1, 0.15) is 12.8 Å². The Kier molecular flexibility index (Phi) is 3.03. The van der Waals surface area contributed by atoms with Crippen LogP contribution in [0.2, 0.25) is 0 Å². The smallest absolute Gasteiger partial charge is 0.322 e. The summed E-state index contributed by atoms with van der Waals surface area (Å²) in [7, 11) is 1.30. The maximum atomic E-state index is 13.7. The lowest BCUT2D eigenvalue weighted by Crippen LogP contribution is -2.31. The summed E-state index contributed by atoms with van der Waals surface area (Å²) in [5.41, 5.74) is -1.33. The molecule has 3 nitrogen and oxygen atoms in total. The average molecular weight is 187 g/mol. The number of carbonyl (C=O) groups is 1. The van der Waals surface area contributed by atoms with E-state index < -0.39 is 17.7 Å². The summed E-state index contributed by atoms with van der Waals surface area (Å²) < 4.78 is 18.2. The molecule has 1 aliphatic heterocycles. The summed E-state index contributed by atoms with van der Waals surface area (Å²) in [5, 5.41) is 2.79. The number of alkyl halides is 1. The fraction of sp³-hybridized carbons (Fsp3) is 0.667. The highest BCUT2D eigenvalue weighted by Crippen LogP contribution is 2.28. The number of carbonyl (C=O) groups excluding carboxylic acids is 1. The first-order valence-corrected chi connectivity index (χ1v) is 4.22. The lowest BCUT2D eigenvalue weighted by molar-refractivity contribution is -0.142. The van der Waals surface area contributed by atoms with Crippen LogP contribution < -0.4 is 5.32 Å². The van der Waals surface area contributed by atoms with E-state index in [1.807, 2.05) is 0 Å². The third-order valence-corrected chi connectivity index (χ3v) is 2.23. The Balaban J connectivity index is 2.52. The van der Waals surface area contributed by atoms with Crippen LogP contribution in [0.5, 0.6) is 0 Å². The number of rotatable bonds is 3. The van der Waals surface area contributed by atoms with Gasteiger partial charge in [0, 0.05) is 19.4 Å². The minimum Gasteiger partial charge on any atom is -0.468 e. The Bertz CT molecular complexity index is 220. The summed E-state index contributed by atoms with van der Waals surface area (Å²) in [6, 6.07) is -0.505. The zero-order chi connectivity index (χ0) is 9.90. The number of halogens is 1.